The Bertz CT molecular complexity index is 988. The van der Waals surface area contributed by atoms with Crippen molar-refractivity contribution in [2.75, 3.05) is 18.5 Å². The molecule has 2 N–H and O–H groups in total. The zero-order chi connectivity index (χ0) is 19.7. The first-order chi connectivity index (χ1) is 12.8. The molecule has 1 atom stereocenters. The number of thioether (sulfide) groups is 1. The zero-order valence-electron chi connectivity index (χ0n) is 15.6. The molecule has 8 heteroatoms. The van der Waals surface area contributed by atoms with Gasteiger partial charge in [-0.25, -0.2) is 14.4 Å². The topological polar surface area (TPSA) is 72.1 Å². The molecule has 0 radical (unpaired) electrons. The number of thiophene rings is 1. The molecule has 0 fully saturated rings. The third-order valence-corrected chi connectivity index (χ3v) is 6.62. The van der Waals surface area contributed by atoms with Crippen LogP contribution in [0.2, 0.25) is 0 Å². The highest BCUT2D eigenvalue weighted by atomic mass is 32.2. The number of carbonyl (C=O) groups excluding carboxylic acids is 1. The van der Waals surface area contributed by atoms with Crippen LogP contribution in [-0.2, 0) is 4.79 Å². The fraction of sp³-hybridized carbons (Fsp3) is 0.316. The minimum Gasteiger partial charge on any atom is -0.383 e. The second-order valence-electron chi connectivity index (χ2n) is 6.38. The van der Waals surface area contributed by atoms with Gasteiger partial charge in [-0.3, -0.25) is 4.79 Å². The molecule has 0 aliphatic carbocycles. The Kier molecular flexibility index (Phi) is 5.67. The predicted octanol–water partition coefficient (Wildman–Crippen LogP) is 4.34. The van der Waals surface area contributed by atoms with E-state index in [0.29, 0.717) is 11.0 Å². The summed E-state index contributed by atoms with van der Waals surface area (Å²) < 4.78 is 13.1. The van der Waals surface area contributed by atoms with Crippen LogP contribution in [0.15, 0.2) is 29.4 Å². The SMILES string of the molecule is Cc1sc2nc(SCC(=O)N(C)C(C)c3ccc(F)cc3)nc(N)c2c1C. The maximum absolute atomic E-state index is 13.1. The maximum Gasteiger partial charge on any atom is 0.233 e. The Balaban J connectivity index is 1.69. The van der Waals surface area contributed by atoms with E-state index in [2.05, 4.69) is 9.97 Å². The lowest BCUT2D eigenvalue weighted by Crippen LogP contribution is -2.31. The van der Waals surface area contributed by atoms with Crippen molar-refractivity contribution in [3.63, 3.8) is 0 Å². The number of rotatable bonds is 5. The monoisotopic (exact) mass is 404 g/mol. The number of carbonyl (C=O) groups is 1. The van der Waals surface area contributed by atoms with Crippen LogP contribution < -0.4 is 5.73 Å². The summed E-state index contributed by atoms with van der Waals surface area (Å²) >= 11 is 2.85. The van der Waals surface area contributed by atoms with Gasteiger partial charge in [-0.15, -0.1) is 11.3 Å². The van der Waals surface area contributed by atoms with Gasteiger partial charge in [0.2, 0.25) is 5.91 Å². The molecule has 0 saturated heterocycles. The minimum absolute atomic E-state index is 0.0577. The fourth-order valence-corrected chi connectivity index (χ4v) is 4.60. The van der Waals surface area contributed by atoms with Crippen LogP contribution in [0.3, 0.4) is 0 Å². The van der Waals surface area contributed by atoms with Crippen molar-refractivity contribution >= 4 is 45.0 Å². The Morgan fingerprint density at radius 2 is 1.96 bits per heavy atom. The summed E-state index contributed by atoms with van der Waals surface area (Å²) in [7, 11) is 1.74. The lowest BCUT2D eigenvalue weighted by molar-refractivity contribution is -0.128. The Morgan fingerprint density at radius 1 is 1.30 bits per heavy atom. The molecular weight excluding hydrogens is 383 g/mol. The van der Waals surface area contributed by atoms with Gasteiger partial charge >= 0.3 is 0 Å². The number of nitrogen functional groups attached to an aromatic ring is 1. The molecule has 0 bridgehead atoms. The average molecular weight is 405 g/mol. The number of amides is 1. The molecule has 2 heterocycles. The maximum atomic E-state index is 13.1. The average Bonchev–Trinajstić information content (AvgIpc) is 2.93. The summed E-state index contributed by atoms with van der Waals surface area (Å²) in [5.74, 6) is 0.304. The first-order valence-corrected chi connectivity index (χ1v) is 10.2. The highest BCUT2D eigenvalue weighted by Gasteiger charge is 2.19. The van der Waals surface area contributed by atoms with E-state index in [9.17, 15) is 9.18 Å². The third-order valence-electron chi connectivity index (χ3n) is 4.69. The van der Waals surface area contributed by atoms with Gasteiger partial charge in [0.15, 0.2) is 5.16 Å². The second kappa shape index (κ2) is 7.82. The number of nitrogens with zero attached hydrogens (tertiary/aromatic N) is 3. The summed E-state index contributed by atoms with van der Waals surface area (Å²) in [6.07, 6.45) is 0. The van der Waals surface area contributed by atoms with Crippen molar-refractivity contribution in [1.29, 1.82) is 0 Å². The molecule has 0 aliphatic rings. The van der Waals surface area contributed by atoms with Crippen molar-refractivity contribution in [1.82, 2.24) is 14.9 Å². The van der Waals surface area contributed by atoms with E-state index in [1.807, 2.05) is 20.8 Å². The van der Waals surface area contributed by atoms with E-state index in [-0.39, 0.29) is 23.5 Å². The molecule has 1 amide bonds. The molecule has 0 saturated carbocycles. The number of anilines is 1. The largest absolute Gasteiger partial charge is 0.383 e. The molecule has 1 aromatic carbocycles. The number of aromatic nitrogens is 2. The van der Waals surface area contributed by atoms with Crippen LogP contribution in [0.25, 0.3) is 10.2 Å². The third kappa shape index (κ3) is 4.06. The second-order valence-corrected chi connectivity index (χ2v) is 8.52. The first-order valence-electron chi connectivity index (χ1n) is 8.45. The zero-order valence-corrected chi connectivity index (χ0v) is 17.2. The van der Waals surface area contributed by atoms with Crippen LogP contribution >= 0.6 is 23.1 Å². The summed E-state index contributed by atoms with van der Waals surface area (Å²) in [6.45, 7) is 5.95. The van der Waals surface area contributed by atoms with Crippen LogP contribution in [-0.4, -0.2) is 33.6 Å². The van der Waals surface area contributed by atoms with E-state index in [1.54, 1.807) is 35.4 Å². The summed E-state index contributed by atoms with van der Waals surface area (Å²) in [6, 6.07) is 6.02. The molecule has 142 valence electrons. The summed E-state index contributed by atoms with van der Waals surface area (Å²) in [4.78, 5) is 25.1. The molecule has 0 spiro atoms. The van der Waals surface area contributed by atoms with E-state index in [4.69, 9.17) is 5.73 Å². The van der Waals surface area contributed by atoms with Crippen LogP contribution in [0.5, 0.6) is 0 Å². The lowest BCUT2D eigenvalue weighted by Gasteiger charge is -2.25. The molecule has 0 aliphatic heterocycles. The smallest absolute Gasteiger partial charge is 0.233 e. The Hall–Kier alpha value is -2.19. The van der Waals surface area contributed by atoms with E-state index in [0.717, 1.165) is 26.2 Å². The number of hydrogen-bond donors (Lipinski definition) is 1. The fourth-order valence-electron chi connectivity index (χ4n) is 2.73. The predicted molar refractivity (Wildman–Crippen MR) is 110 cm³/mol. The van der Waals surface area contributed by atoms with Gasteiger partial charge in [0.25, 0.3) is 0 Å². The van der Waals surface area contributed by atoms with Gasteiger partial charge in [0, 0.05) is 11.9 Å². The van der Waals surface area contributed by atoms with Crippen molar-refractivity contribution < 1.29 is 9.18 Å². The van der Waals surface area contributed by atoms with Crippen LogP contribution in [0.1, 0.15) is 29.0 Å². The normalized spacial score (nSPS) is 12.3. The number of benzene rings is 1. The van der Waals surface area contributed by atoms with Crippen molar-refractivity contribution in [3.8, 4) is 0 Å². The number of halogens is 1. The highest BCUT2D eigenvalue weighted by Crippen LogP contribution is 2.33. The van der Waals surface area contributed by atoms with E-state index >= 15 is 0 Å². The highest BCUT2D eigenvalue weighted by molar-refractivity contribution is 7.99. The number of nitrogens with two attached hydrogens (primary N) is 1. The molecule has 2 aromatic heterocycles. The number of aryl methyl sites for hydroxylation is 2. The van der Waals surface area contributed by atoms with Gasteiger partial charge in [-0.2, -0.15) is 0 Å². The molecule has 1 unspecified atom stereocenters. The Labute approximate surface area is 165 Å². The van der Waals surface area contributed by atoms with Gasteiger partial charge in [-0.05, 0) is 44.0 Å². The van der Waals surface area contributed by atoms with Gasteiger partial charge in [-0.1, -0.05) is 23.9 Å². The quantitative estimate of drug-likeness (QED) is 0.506. The first kappa shape index (κ1) is 19.6. The molecule has 27 heavy (non-hydrogen) atoms. The van der Waals surface area contributed by atoms with Crippen molar-refractivity contribution in [2.45, 2.75) is 32.0 Å². The Morgan fingerprint density at radius 3 is 2.63 bits per heavy atom. The number of fused-ring (bicyclic) bond motifs is 1. The summed E-state index contributed by atoms with van der Waals surface area (Å²) in [5, 5.41) is 1.40. The van der Waals surface area contributed by atoms with Crippen molar-refractivity contribution in [3.05, 3.63) is 46.1 Å². The number of hydrogen-bond acceptors (Lipinski definition) is 6. The molecule has 3 aromatic rings. The minimum atomic E-state index is -0.292. The lowest BCUT2D eigenvalue weighted by atomic mass is 10.1. The van der Waals surface area contributed by atoms with Crippen molar-refractivity contribution in [2.24, 2.45) is 0 Å². The van der Waals surface area contributed by atoms with Gasteiger partial charge in [0.1, 0.15) is 16.5 Å². The van der Waals surface area contributed by atoms with Crippen LogP contribution in [0, 0.1) is 19.7 Å². The molecule has 5 nitrogen and oxygen atoms in total. The van der Waals surface area contributed by atoms with Gasteiger partial charge in [0.05, 0.1) is 17.2 Å². The van der Waals surface area contributed by atoms with Gasteiger partial charge < -0.3 is 10.6 Å². The summed E-state index contributed by atoms with van der Waals surface area (Å²) in [5.41, 5.74) is 8.07. The van der Waals surface area contributed by atoms with E-state index in [1.165, 1.54) is 23.9 Å². The molecule has 3 rings (SSSR count). The molecular formula is C19H21FN4OS2. The van der Waals surface area contributed by atoms with Crippen LogP contribution in [0.4, 0.5) is 10.2 Å². The standard InChI is InChI=1S/C19H21FN4OS2/c1-10-12(3)27-18-16(10)17(21)22-19(23-18)26-9-15(25)24(4)11(2)13-5-7-14(20)8-6-13/h5-8,11H,9H2,1-4H3,(H2,21,22,23). The van der Waals surface area contributed by atoms with E-state index < -0.39 is 0 Å².